The molecule has 5 rings (SSSR count). The van der Waals surface area contributed by atoms with E-state index >= 15 is 0 Å². The minimum absolute atomic E-state index is 0. The molecule has 5 heterocycles. The van der Waals surface area contributed by atoms with Crippen LogP contribution < -0.4 is 15.3 Å². The molecule has 2 aliphatic rings. The van der Waals surface area contributed by atoms with Crippen molar-refractivity contribution in [2.75, 3.05) is 0 Å². The topological polar surface area (TPSA) is 167 Å². The van der Waals surface area contributed by atoms with Gasteiger partial charge in [-0.05, 0) is 120 Å². The summed E-state index contributed by atoms with van der Waals surface area (Å²) in [4.78, 5) is 41.2. The summed E-state index contributed by atoms with van der Waals surface area (Å²) < 4.78 is 2.61. The monoisotopic (exact) mass is 767 g/mol. The van der Waals surface area contributed by atoms with Gasteiger partial charge in [-0.2, -0.15) is 0 Å². The van der Waals surface area contributed by atoms with Crippen LogP contribution >= 0.6 is 0 Å². The summed E-state index contributed by atoms with van der Waals surface area (Å²) in [6.45, 7) is 22.1. The number of carbonyl (C=O) groups excluding carboxylic acids is 3. The molecule has 2 aliphatic heterocycles. The number of allylic oxidation sites excluding steroid dienone is 1. The Morgan fingerprint density at radius 1 is 0.566 bits per heavy atom. The SMILES string of the molecule is CC(=O)[O-].CC(=O)[O-].CC(=O)[O-].CCC1=Cc2nc1c(CC)c1c(CC)c(CC)c(c(CC)c3nc(c(CC)c4ccc([nH]4)c2CC)C=C3)n1CC.[Fe+3]. The van der Waals surface area contributed by atoms with Crippen LogP contribution in [0, 0.1) is 0 Å². The average Bonchev–Trinajstić information content (AvgIpc) is 3.88. The summed E-state index contributed by atoms with van der Waals surface area (Å²) in [5.41, 5.74) is 19.2. The third-order valence-corrected chi connectivity index (χ3v) is 8.90. The molecule has 0 atom stereocenters. The van der Waals surface area contributed by atoms with Crippen molar-refractivity contribution in [3.8, 4) is 0 Å². The van der Waals surface area contributed by atoms with Crippen molar-refractivity contribution in [1.29, 1.82) is 0 Å². The van der Waals surface area contributed by atoms with Gasteiger partial charge in [0.2, 0.25) is 0 Å². The van der Waals surface area contributed by atoms with E-state index in [0.717, 1.165) is 100 Å². The van der Waals surface area contributed by atoms with Crippen LogP contribution in [0.4, 0.5) is 0 Å². The van der Waals surface area contributed by atoms with E-state index in [4.69, 9.17) is 39.7 Å². The smallest absolute Gasteiger partial charge is 0.550 e. The molecule has 0 amide bonds. The largest absolute Gasteiger partial charge is 3.00 e. The average molecular weight is 768 g/mol. The Hall–Kier alpha value is -4.47. The Morgan fingerprint density at radius 2 is 0.943 bits per heavy atom. The van der Waals surface area contributed by atoms with Crippen LogP contribution in [0.2, 0.25) is 0 Å². The number of carboxylic acid groups (broad SMARTS) is 3. The van der Waals surface area contributed by atoms with E-state index in [0.29, 0.717) is 0 Å². The standard InChI is InChI=1S/C36H46N4.3C2H4O2.Fe/c1-9-22-21-33-26(13-5)31-18-17-29(37-31)25(12-4)30-19-20-32(38-30)27(14-6)35-23(10-2)24(11-3)36(40(35)16-8)28(15-7)34(22)39-33;3*1-2(3)4;/h17-21,37H,9-16H2,1-8H3;3*1H3,(H,3,4);/q;;;;+3/p-3. The Bertz CT molecular complexity index is 1960. The van der Waals surface area contributed by atoms with Crippen molar-refractivity contribution in [3.05, 3.63) is 68.3 Å². The van der Waals surface area contributed by atoms with E-state index in [9.17, 15) is 0 Å². The first-order chi connectivity index (χ1) is 24.7. The van der Waals surface area contributed by atoms with E-state index in [1.54, 1.807) is 0 Å². The minimum atomic E-state index is -1.08. The number of aryl methyl sites for hydroxylation is 7. The number of carboxylic acids is 3. The molecule has 8 bridgehead atoms. The number of nitrogens with one attached hydrogen (secondary N) is 1. The fraction of sp³-hybridized carbons (Fsp3) is 0.452. The van der Waals surface area contributed by atoms with Crippen LogP contribution in [-0.4, -0.2) is 37.4 Å². The van der Waals surface area contributed by atoms with Crippen molar-refractivity contribution < 1.29 is 46.8 Å². The molecule has 287 valence electrons. The van der Waals surface area contributed by atoms with E-state index in [2.05, 4.69) is 95.3 Å². The van der Waals surface area contributed by atoms with Crippen LogP contribution in [0.25, 0.3) is 45.9 Å². The van der Waals surface area contributed by atoms with E-state index in [1.165, 1.54) is 55.7 Å². The number of hydrogen-bond donors (Lipinski definition) is 1. The number of aromatic amines is 1. The van der Waals surface area contributed by atoms with Crippen LogP contribution in [0.5, 0.6) is 0 Å². The van der Waals surface area contributed by atoms with Gasteiger partial charge < -0.3 is 39.3 Å². The Kier molecular flexibility index (Phi) is 19.2. The van der Waals surface area contributed by atoms with Gasteiger partial charge in [-0.1, -0.05) is 48.5 Å². The number of H-pyrrole nitrogens is 1. The van der Waals surface area contributed by atoms with Gasteiger partial charge in [-0.15, -0.1) is 0 Å². The fourth-order valence-corrected chi connectivity index (χ4v) is 7.02. The van der Waals surface area contributed by atoms with Gasteiger partial charge in [-0.25, -0.2) is 9.97 Å². The number of carbonyl (C=O) groups is 3. The van der Waals surface area contributed by atoms with Gasteiger partial charge in [0.25, 0.3) is 0 Å². The Labute approximate surface area is 325 Å². The summed E-state index contributed by atoms with van der Waals surface area (Å²) in [7, 11) is 0. The Morgan fingerprint density at radius 3 is 1.32 bits per heavy atom. The molecule has 11 heteroatoms. The summed E-state index contributed by atoms with van der Waals surface area (Å²) in [5.74, 6) is -3.25. The van der Waals surface area contributed by atoms with Crippen molar-refractivity contribution in [2.24, 2.45) is 0 Å². The first-order valence-electron chi connectivity index (χ1n) is 18.4. The molecule has 3 aromatic rings. The van der Waals surface area contributed by atoms with Crippen molar-refractivity contribution in [1.82, 2.24) is 19.5 Å². The number of nitrogens with zero attached hydrogens (tertiary/aromatic N) is 3. The molecule has 1 N–H and O–H groups in total. The van der Waals surface area contributed by atoms with Gasteiger partial charge in [0, 0.05) is 57.7 Å². The molecule has 0 unspecified atom stereocenters. The molecule has 0 aliphatic carbocycles. The fourth-order valence-electron chi connectivity index (χ4n) is 7.02. The van der Waals surface area contributed by atoms with Crippen LogP contribution in [0.15, 0.2) is 12.1 Å². The zero-order chi connectivity index (χ0) is 39.3. The molecule has 3 aromatic heterocycles. The van der Waals surface area contributed by atoms with Gasteiger partial charge >= 0.3 is 17.1 Å². The predicted molar refractivity (Wildman–Crippen MR) is 206 cm³/mol. The number of aliphatic carboxylic acids is 3. The third-order valence-electron chi connectivity index (χ3n) is 8.90. The van der Waals surface area contributed by atoms with Crippen LogP contribution in [-0.2, 0) is 76.5 Å². The first kappa shape index (κ1) is 46.6. The molecule has 0 aromatic carbocycles. The molecular weight excluding hydrogens is 712 g/mol. The summed E-state index contributed by atoms with van der Waals surface area (Å²) in [5, 5.41) is 26.7. The van der Waals surface area contributed by atoms with Gasteiger partial charge in [-0.3, -0.25) is 0 Å². The van der Waals surface area contributed by atoms with Gasteiger partial charge in [0.1, 0.15) is 0 Å². The predicted octanol–water partition coefficient (Wildman–Crippen LogP) is 5.57. The molecule has 53 heavy (non-hydrogen) atoms. The van der Waals surface area contributed by atoms with Gasteiger partial charge in [0.15, 0.2) is 0 Å². The molecule has 1 radical (unpaired) electrons. The minimum Gasteiger partial charge on any atom is -0.550 e. The van der Waals surface area contributed by atoms with E-state index in [1.807, 2.05) is 0 Å². The number of hydrogen-bond acceptors (Lipinski definition) is 8. The summed E-state index contributed by atoms with van der Waals surface area (Å²) in [6, 6.07) is 4.46. The first-order valence-corrected chi connectivity index (χ1v) is 18.4. The maximum Gasteiger partial charge on any atom is 3.00 e. The second kappa shape index (κ2) is 21.9. The number of aromatic nitrogens is 4. The normalized spacial score (nSPS) is 11.1. The second-order valence-electron chi connectivity index (χ2n) is 12.3. The third kappa shape index (κ3) is 11.3. The van der Waals surface area contributed by atoms with Crippen LogP contribution in [0.1, 0.15) is 139 Å². The van der Waals surface area contributed by atoms with E-state index in [-0.39, 0.29) is 17.1 Å². The van der Waals surface area contributed by atoms with Crippen LogP contribution in [0.3, 0.4) is 0 Å². The molecule has 0 saturated heterocycles. The molecule has 0 spiro atoms. The van der Waals surface area contributed by atoms with Crippen molar-refractivity contribution in [2.45, 2.75) is 128 Å². The molecule has 10 nitrogen and oxygen atoms in total. The Balaban J connectivity index is 0.000000946. The van der Waals surface area contributed by atoms with Crippen molar-refractivity contribution >= 4 is 63.8 Å². The summed E-state index contributed by atoms with van der Waals surface area (Å²) >= 11 is 0. The molecular formula is C42H55FeN4O6. The number of fused-ring (bicyclic) bond motifs is 8. The summed E-state index contributed by atoms with van der Waals surface area (Å²) in [6.07, 6.45) is 13.6. The maximum absolute atomic E-state index is 8.89. The second-order valence-corrected chi connectivity index (χ2v) is 12.3. The van der Waals surface area contributed by atoms with E-state index < -0.39 is 17.9 Å². The molecule has 0 fully saturated rings. The van der Waals surface area contributed by atoms with Gasteiger partial charge in [0.05, 0.1) is 33.8 Å². The molecule has 0 saturated carbocycles. The quantitative estimate of drug-likeness (QED) is 0.227. The zero-order valence-electron chi connectivity index (χ0n) is 33.2. The maximum atomic E-state index is 8.89. The zero-order valence-corrected chi connectivity index (χ0v) is 34.3. The van der Waals surface area contributed by atoms with Crippen molar-refractivity contribution in [3.63, 3.8) is 0 Å². The number of rotatable bonds is 8.